The van der Waals surface area contributed by atoms with Gasteiger partial charge in [-0.15, -0.1) is 0 Å². The Bertz CT molecular complexity index is 3130. The fraction of sp³-hybridized carbons (Fsp3) is 0.743. The summed E-state index contributed by atoms with van der Waals surface area (Å²) in [4.78, 5) is 173. The highest BCUT2D eigenvalue weighted by atomic mass is 32.2. The minimum atomic E-state index is -1.88. The zero-order valence-corrected chi connectivity index (χ0v) is 60.6. The van der Waals surface area contributed by atoms with Gasteiger partial charge in [-0.05, 0) is 176 Å². The van der Waals surface area contributed by atoms with E-state index in [1.165, 1.54) is 35.3 Å². The molecule has 19 N–H and O–H groups in total. The first-order valence-electron chi connectivity index (χ1n) is 37.1. The molecule has 33 heteroatoms. The molecule has 7 fully saturated rings. The number of nitrogens with zero attached hydrogens (tertiary/aromatic N) is 1. The van der Waals surface area contributed by atoms with Crippen LogP contribution in [0.3, 0.4) is 0 Å². The number of primary amides is 1. The van der Waals surface area contributed by atoms with Gasteiger partial charge in [-0.2, -0.15) is 23.5 Å². The highest BCUT2D eigenvalue weighted by Crippen LogP contribution is 2.40. The zero-order chi connectivity index (χ0) is 73.7. The van der Waals surface area contributed by atoms with Crippen molar-refractivity contribution in [2.45, 2.75) is 238 Å². The molecule has 5 aliphatic heterocycles. The molecule has 572 valence electrons. The number of aliphatic hydroxyl groups excluding tert-OH is 1. The van der Waals surface area contributed by atoms with Crippen LogP contribution >= 0.6 is 23.5 Å². The van der Waals surface area contributed by atoms with Crippen LogP contribution in [-0.4, -0.2) is 228 Å². The molecular formula is C70H109FN16O14S2. The summed E-state index contributed by atoms with van der Waals surface area (Å²) < 4.78 is 15.3. The fourth-order valence-corrected chi connectivity index (χ4v) is 18.4. The van der Waals surface area contributed by atoms with Gasteiger partial charge in [0.2, 0.25) is 65.0 Å². The van der Waals surface area contributed by atoms with Crippen LogP contribution in [0.4, 0.5) is 4.39 Å². The second-order valence-corrected chi connectivity index (χ2v) is 31.6. The predicted molar refractivity (Wildman–Crippen MR) is 383 cm³/mol. The van der Waals surface area contributed by atoms with E-state index in [1.54, 1.807) is 0 Å². The molecule has 4 saturated heterocycles. The molecule has 5 heterocycles. The number of carbonyl (C=O) groups excluding carboxylic acids is 11. The third-order valence-electron chi connectivity index (χ3n) is 21.9. The molecule has 17 atom stereocenters. The quantitative estimate of drug-likeness (QED) is 0.0829. The van der Waals surface area contributed by atoms with Gasteiger partial charge in [0.1, 0.15) is 60.5 Å². The number of amides is 11. The monoisotopic (exact) mass is 1480 g/mol. The molecule has 2 bridgehead atoms. The van der Waals surface area contributed by atoms with Crippen molar-refractivity contribution in [3.63, 3.8) is 0 Å². The molecule has 3 aliphatic carbocycles. The number of fused-ring (bicyclic) bond motifs is 5. The lowest BCUT2D eigenvalue weighted by atomic mass is 9.76. The molecule has 103 heavy (non-hydrogen) atoms. The van der Waals surface area contributed by atoms with Gasteiger partial charge in [0.05, 0.1) is 19.1 Å². The third kappa shape index (κ3) is 23.9. The van der Waals surface area contributed by atoms with Gasteiger partial charge in [0.25, 0.3) is 0 Å². The molecule has 11 amide bonds. The summed E-state index contributed by atoms with van der Waals surface area (Å²) in [6, 6.07) is -4.81. The van der Waals surface area contributed by atoms with Crippen molar-refractivity contribution in [3.05, 3.63) is 35.4 Å². The van der Waals surface area contributed by atoms with Gasteiger partial charge in [-0.25, -0.2) is 4.39 Å². The molecule has 0 spiro atoms. The number of thioether (sulfide) groups is 2. The van der Waals surface area contributed by atoms with Crippen LogP contribution in [-0.2, 0) is 69.0 Å². The number of aliphatic hydroxyl groups is 1. The van der Waals surface area contributed by atoms with E-state index in [-0.39, 0.29) is 105 Å². The standard InChI is InChI=1S/C70H109FN16O14S2/c1-38(88)79-58-36-103-34-41-9-6-8-40(22-41)33-102-35-57(62(73)93)86-69(100)59-13-7-21-87(59)70(101)56(23-39-14-17-46(89)18-15-39)85-66(97)54(27-45-31-74-37-78-45)83-67(98)55(28-61(91)92)84-65(96)53(25-43-30-76-50-19-16-44(71)26-48(43)50)82-64(95)52(24-42-29-75-49-11-3-2-10-47(42)49)80-60(90)32-77-63(94)51(81-68(58)99)12-4-5-20-72/h6,8-9,22,39,42-59,74-76,78,89H,2-5,7,10-21,23-37,72H2,1H3,(H2,73,93)(H,77,94)(H,79,88)(H,80,90)(H,81,99)(H,82,95)(H,83,98)(H,84,96)(H,85,97)(H,86,100)(H,91,92)/t39?,42?,43?,44?,45?,46?,47?,48?,49?,50?,51-,52-,53-,54-,55-,56-,57-,58-,59-/m0/s1. The van der Waals surface area contributed by atoms with E-state index in [0.29, 0.717) is 95.6 Å². The SMILES string of the molecule is CC(=O)N[C@H]1CSCc2cccc(c2)CSC[C@@H](C(N)=O)NC(=O)[C@@H]2CCCN2C(=O)[C@H](CC2CCC(O)CC2)NC(=O)[C@H](CC2CNCN2)NC(=O)[C@H](CC(=O)O)NC(=O)[C@H](CC2CNC3CCC(F)CC23)NC(=O)[C@H](CC2CNC3CCCCC23)NC(=O)CNC(=O)[C@H](CCCCN)NC1=O. The molecule has 3 saturated carbocycles. The summed E-state index contributed by atoms with van der Waals surface area (Å²) in [5.41, 5.74) is 13.5. The van der Waals surface area contributed by atoms with Crippen LogP contribution in [0.1, 0.15) is 153 Å². The lowest BCUT2D eigenvalue weighted by Gasteiger charge is -2.34. The number of nitrogens with one attached hydrogen (secondary N) is 13. The topological polar surface area (TPSA) is 457 Å². The molecular weight excluding hydrogens is 1370 g/mol. The summed E-state index contributed by atoms with van der Waals surface area (Å²) in [6.45, 7) is 2.56. The molecule has 8 unspecified atom stereocenters. The minimum absolute atomic E-state index is 0.0616. The number of carboxylic acid groups (broad SMARTS) is 1. The number of hydrogen-bond acceptors (Lipinski definition) is 20. The average molecular weight is 1480 g/mol. The fourth-order valence-electron chi connectivity index (χ4n) is 16.4. The Morgan fingerprint density at radius 2 is 1.25 bits per heavy atom. The minimum Gasteiger partial charge on any atom is -0.481 e. The Kier molecular flexibility index (Phi) is 30.9. The summed E-state index contributed by atoms with van der Waals surface area (Å²) >= 11 is 2.68. The van der Waals surface area contributed by atoms with Crippen LogP contribution in [0.5, 0.6) is 0 Å². The van der Waals surface area contributed by atoms with Gasteiger partial charge < -0.3 is 95.7 Å². The normalized spacial score (nSPS) is 34.1. The Morgan fingerprint density at radius 3 is 1.91 bits per heavy atom. The van der Waals surface area contributed by atoms with E-state index in [4.69, 9.17) is 11.5 Å². The number of halogens is 1. The Labute approximate surface area is 609 Å². The number of aliphatic carboxylic acids is 1. The van der Waals surface area contributed by atoms with E-state index in [9.17, 15) is 48.6 Å². The van der Waals surface area contributed by atoms with Crippen molar-refractivity contribution in [1.29, 1.82) is 0 Å². The van der Waals surface area contributed by atoms with Crippen LogP contribution < -0.4 is 80.6 Å². The number of benzene rings is 1. The van der Waals surface area contributed by atoms with Crippen molar-refractivity contribution >= 4 is 94.5 Å². The maximum Gasteiger partial charge on any atom is 0.305 e. The van der Waals surface area contributed by atoms with Crippen molar-refractivity contribution in [2.24, 2.45) is 41.1 Å². The molecule has 0 radical (unpaired) electrons. The molecule has 8 aliphatic rings. The van der Waals surface area contributed by atoms with Crippen LogP contribution in [0.15, 0.2) is 24.3 Å². The number of carboxylic acids is 1. The molecule has 1 aromatic rings. The lowest BCUT2D eigenvalue weighted by Crippen LogP contribution is -2.61. The maximum absolute atomic E-state index is 15.3. The largest absolute Gasteiger partial charge is 0.481 e. The lowest BCUT2D eigenvalue weighted by molar-refractivity contribution is -0.143. The number of alkyl halides is 1. The molecule has 0 aromatic heterocycles. The molecule has 30 nitrogen and oxygen atoms in total. The van der Waals surface area contributed by atoms with Crippen molar-refractivity contribution in [3.8, 4) is 0 Å². The number of carbonyl (C=O) groups is 12. The number of nitrogens with two attached hydrogens (primary N) is 2. The first kappa shape index (κ1) is 80.3. The third-order valence-corrected chi connectivity index (χ3v) is 24.1. The van der Waals surface area contributed by atoms with E-state index >= 15 is 23.6 Å². The Balaban J connectivity index is 1.03. The van der Waals surface area contributed by atoms with Crippen LogP contribution in [0.25, 0.3) is 0 Å². The smallest absolute Gasteiger partial charge is 0.305 e. The van der Waals surface area contributed by atoms with Gasteiger partial charge in [-0.3, -0.25) is 57.5 Å². The van der Waals surface area contributed by atoms with E-state index in [1.807, 2.05) is 24.3 Å². The number of unbranched alkanes of at least 4 members (excludes halogenated alkanes) is 1. The summed E-state index contributed by atoms with van der Waals surface area (Å²) in [5.74, 6) is -9.83. The average Bonchev–Trinajstić information content (AvgIpc) is 1.73. The van der Waals surface area contributed by atoms with Gasteiger partial charge >= 0.3 is 5.97 Å². The van der Waals surface area contributed by atoms with Gasteiger partial charge in [0, 0.05) is 67.8 Å². The van der Waals surface area contributed by atoms with E-state index < -0.39 is 163 Å². The number of rotatable bonds is 16. The maximum atomic E-state index is 15.3. The second-order valence-electron chi connectivity index (χ2n) is 29.5. The predicted octanol–water partition coefficient (Wildman–Crippen LogP) is -1.60. The zero-order valence-electron chi connectivity index (χ0n) is 59.0. The highest BCUT2D eigenvalue weighted by Gasteiger charge is 2.46. The summed E-state index contributed by atoms with van der Waals surface area (Å²) in [6.07, 6.45) is 5.61. The van der Waals surface area contributed by atoms with Gasteiger partial charge in [-0.1, -0.05) is 37.1 Å². The second kappa shape index (κ2) is 39.6. The van der Waals surface area contributed by atoms with Crippen LogP contribution in [0.2, 0.25) is 0 Å². The van der Waals surface area contributed by atoms with Crippen molar-refractivity contribution in [1.82, 2.24) is 74.0 Å². The molecule has 1 aromatic carbocycles. The Hall–Kier alpha value is -6.75. The summed E-state index contributed by atoms with van der Waals surface area (Å²) in [5, 5.41) is 59.1. The Morgan fingerprint density at radius 1 is 0.631 bits per heavy atom. The first-order valence-corrected chi connectivity index (χ1v) is 39.4. The first-order chi connectivity index (χ1) is 49.5. The number of hydrogen-bond donors (Lipinski definition) is 17. The summed E-state index contributed by atoms with van der Waals surface area (Å²) in [7, 11) is 0. The highest BCUT2D eigenvalue weighted by molar-refractivity contribution is 7.98. The van der Waals surface area contributed by atoms with E-state index in [0.717, 1.165) is 36.8 Å². The molecule has 9 rings (SSSR count). The van der Waals surface area contributed by atoms with Crippen LogP contribution in [0, 0.1) is 29.6 Å². The van der Waals surface area contributed by atoms with Crippen molar-refractivity contribution < 1.29 is 72.1 Å². The van der Waals surface area contributed by atoms with Crippen molar-refractivity contribution in [2.75, 3.05) is 57.4 Å². The van der Waals surface area contributed by atoms with Gasteiger partial charge in [0.15, 0.2) is 0 Å². The van der Waals surface area contributed by atoms with E-state index in [2.05, 4.69) is 69.1 Å².